The highest BCUT2D eigenvalue weighted by atomic mass is 16.6. The van der Waals surface area contributed by atoms with Crippen LogP contribution in [0.1, 0.15) is 31.2 Å². The van der Waals surface area contributed by atoms with Crippen LogP contribution in [0, 0.1) is 0 Å². The van der Waals surface area contributed by atoms with E-state index in [4.69, 9.17) is 9.84 Å². The summed E-state index contributed by atoms with van der Waals surface area (Å²) in [7, 11) is 1.80. The van der Waals surface area contributed by atoms with E-state index in [2.05, 4.69) is 5.32 Å². The van der Waals surface area contributed by atoms with Gasteiger partial charge >= 0.3 is 6.09 Å². The van der Waals surface area contributed by atoms with Crippen LogP contribution in [0.5, 0.6) is 0 Å². The van der Waals surface area contributed by atoms with E-state index in [-0.39, 0.29) is 24.8 Å². The lowest BCUT2D eigenvalue weighted by atomic mass is 9.89. The van der Waals surface area contributed by atoms with E-state index in [0.717, 1.165) is 31.2 Å². The molecule has 1 aliphatic rings. The number of carbonyl (C=O) groups is 1. The molecule has 0 radical (unpaired) electrons. The average Bonchev–Trinajstić information content (AvgIpc) is 2.58. The Balaban J connectivity index is 1.87. The maximum atomic E-state index is 12.3. The van der Waals surface area contributed by atoms with Gasteiger partial charge in [-0.3, -0.25) is 0 Å². The molecule has 0 spiro atoms. The zero-order valence-corrected chi connectivity index (χ0v) is 13.2. The van der Waals surface area contributed by atoms with Crippen molar-refractivity contribution in [1.82, 2.24) is 10.2 Å². The molecule has 0 saturated heterocycles. The number of carbonyl (C=O) groups excluding carboxylic acids is 1. The number of amides is 1. The molecule has 2 unspecified atom stereocenters. The molecule has 0 bridgehead atoms. The van der Waals surface area contributed by atoms with Crippen LogP contribution in [-0.2, 0) is 11.3 Å². The lowest BCUT2D eigenvalue weighted by Gasteiger charge is -2.37. The largest absolute Gasteiger partial charge is 0.445 e. The summed E-state index contributed by atoms with van der Waals surface area (Å²) in [4.78, 5) is 14.0. The molecule has 2 atom stereocenters. The van der Waals surface area contributed by atoms with E-state index in [1.165, 1.54) is 0 Å². The van der Waals surface area contributed by atoms with E-state index in [0.29, 0.717) is 13.2 Å². The van der Waals surface area contributed by atoms with Gasteiger partial charge in [0.25, 0.3) is 0 Å². The number of aliphatic hydroxyl groups is 1. The molecule has 0 aliphatic heterocycles. The van der Waals surface area contributed by atoms with Gasteiger partial charge in [-0.15, -0.1) is 0 Å². The highest BCUT2D eigenvalue weighted by molar-refractivity contribution is 5.67. The van der Waals surface area contributed by atoms with Gasteiger partial charge in [0.2, 0.25) is 0 Å². The number of hydrogen-bond acceptors (Lipinski definition) is 4. The number of ether oxygens (including phenoxy) is 1. The quantitative estimate of drug-likeness (QED) is 0.845. The molecular weight excluding hydrogens is 280 g/mol. The number of nitrogens with one attached hydrogen (secondary N) is 1. The Labute approximate surface area is 132 Å². The van der Waals surface area contributed by atoms with Crippen LogP contribution in [0.2, 0.25) is 0 Å². The van der Waals surface area contributed by atoms with E-state index in [1.807, 2.05) is 30.3 Å². The van der Waals surface area contributed by atoms with Gasteiger partial charge in [0.15, 0.2) is 0 Å². The van der Waals surface area contributed by atoms with Crippen molar-refractivity contribution < 1.29 is 14.6 Å². The van der Waals surface area contributed by atoms with Crippen molar-refractivity contribution in [1.29, 1.82) is 0 Å². The minimum absolute atomic E-state index is 0.116. The van der Waals surface area contributed by atoms with Crippen molar-refractivity contribution in [3.05, 3.63) is 35.9 Å². The van der Waals surface area contributed by atoms with Gasteiger partial charge in [-0.1, -0.05) is 43.2 Å². The van der Waals surface area contributed by atoms with Crippen LogP contribution in [-0.4, -0.2) is 48.4 Å². The van der Waals surface area contributed by atoms with E-state index < -0.39 is 0 Å². The lowest BCUT2D eigenvalue weighted by Crippen LogP contribution is -2.52. The first kappa shape index (κ1) is 16.8. The van der Waals surface area contributed by atoms with Gasteiger partial charge in [-0.05, 0) is 18.4 Å². The highest BCUT2D eigenvalue weighted by Crippen LogP contribution is 2.23. The number of benzene rings is 1. The second-order valence-corrected chi connectivity index (χ2v) is 5.79. The van der Waals surface area contributed by atoms with Crippen LogP contribution in [0.4, 0.5) is 4.79 Å². The molecule has 22 heavy (non-hydrogen) atoms. The lowest BCUT2D eigenvalue weighted by molar-refractivity contribution is 0.0736. The molecule has 122 valence electrons. The van der Waals surface area contributed by atoms with Crippen LogP contribution < -0.4 is 5.32 Å². The molecule has 1 amide bonds. The summed E-state index contributed by atoms with van der Waals surface area (Å²) in [6.07, 6.45) is 4.00. The Morgan fingerprint density at radius 1 is 1.32 bits per heavy atom. The molecular formula is C17H26N2O3. The Bertz CT molecular complexity index is 452. The number of rotatable bonds is 6. The molecule has 0 heterocycles. The van der Waals surface area contributed by atoms with Crippen LogP contribution >= 0.6 is 0 Å². The molecule has 5 heteroatoms. The second kappa shape index (κ2) is 8.76. The fourth-order valence-electron chi connectivity index (χ4n) is 3.02. The third-order valence-corrected chi connectivity index (χ3v) is 4.24. The fourth-order valence-corrected chi connectivity index (χ4v) is 3.02. The first-order valence-electron chi connectivity index (χ1n) is 8.00. The predicted octanol–water partition coefficient (Wildman–Crippen LogP) is 2.15. The van der Waals surface area contributed by atoms with Crippen LogP contribution in [0.25, 0.3) is 0 Å². The van der Waals surface area contributed by atoms with Crippen molar-refractivity contribution in [2.24, 2.45) is 0 Å². The zero-order valence-electron chi connectivity index (χ0n) is 13.2. The normalized spacial score (nSPS) is 21.4. The SMILES string of the molecule is CN(C(=O)OCc1ccccc1)C1CCCCC1NCCO. The second-order valence-electron chi connectivity index (χ2n) is 5.79. The maximum Gasteiger partial charge on any atom is 0.410 e. The van der Waals surface area contributed by atoms with Crippen molar-refractivity contribution in [3.8, 4) is 0 Å². The van der Waals surface area contributed by atoms with Crippen LogP contribution in [0.3, 0.4) is 0 Å². The molecule has 1 aromatic carbocycles. The number of likely N-dealkylation sites (N-methyl/N-ethyl adjacent to an activating group) is 1. The molecule has 1 fully saturated rings. The summed E-state index contributed by atoms with van der Waals surface area (Å²) >= 11 is 0. The topological polar surface area (TPSA) is 61.8 Å². The monoisotopic (exact) mass is 306 g/mol. The summed E-state index contributed by atoms with van der Waals surface area (Å²) in [6.45, 7) is 0.977. The van der Waals surface area contributed by atoms with E-state index >= 15 is 0 Å². The first-order chi connectivity index (χ1) is 10.7. The van der Waals surface area contributed by atoms with Gasteiger partial charge in [-0.25, -0.2) is 4.79 Å². The van der Waals surface area contributed by atoms with Crippen molar-refractivity contribution in [3.63, 3.8) is 0 Å². The maximum absolute atomic E-state index is 12.3. The third kappa shape index (κ3) is 4.71. The molecule has 1 aliphatic carbocycles. The summed E-state index contributed by atoms with van der Waals surface area (Å²) in [5, 5.41) is 12.3. The van der Waals surface area contributed by atoms with Crippen molar-refractivity contribution in [2.45, 2.75) is 44.4 Å². The summed E-state index contributed by atoms with van der Waals surface area (Å²) in [5.41, 5.74) is 0.989. The number of hydrogen-bond donors (Lipinski definition) is 2. The van der Waals surface area contributed by atoms with E-state index in [9.17, 15) is 4.79 Å². The van der Waals surface area contributed by atoms with Gasteiger partial charge < -0.3 is 20.1 Å². The predicted molar refractivity (Wildman–Crippen MR) is 85.5 cm³/mol. The Hall–Kier alpha value is -1.59. The van der Waals surface area contributed by atoms with Gasteiger partial charge in [-0.2, -0.15) is 0 Å². The van der Waals surface area contributed by atoms with Crippen molar-refractivity contribution in [2.75, 3.05) is 20.2 Å². The number of nitrogens with zero attached hydrogens (tertiary/aromatic N) is 1. The fraction of sp³-hybridized carbons (Fsp3) is 0.588. The van der Waals surface area contributed by atoms with Crippen molar-refractivity contribution >= 4 is 6.09 Å². The summed E-state index contributed by atoms with van der Waals surface area (Å²) < 4.78 is 5.41. The molecule has 1 saturated carbocycles. The highest BCUT2D eigenvalue weighted by Gasteiger charge is 2.31. The molecule has 2 rings (SSSR count). The average molecular weight is 306 g/mol. The van der Waals surface area contributed by atoms with E-state index in [1.54, 1.807) is 11.9 Å². The van der Waals surface area contributed by atoms with Gasteiger partial charge in [0.05, 0.1) is 12.6 Å². The van der Waals surface area contributed by atoms with Crippen LogP contribution in [0.15, 0.2) is 30.3 Å². The molecule has 2 N–H and O–H groups in total. The minimum atomic E-state index is -0.286. The summed E-state index contributed by atoms with van der Waals surface area (Å²) in [5.74, 6) is 0. The minimum Gasteiger partial charge on any atom is -0.445 e. The molecule has 0 aromatic heterocycles. The number of aliphatic hydroxyl groups excluding tert-OH is 1. The Morgan fingerprint density at radius 3 is 2.77 bits per heavy atom. The Kier molecular flexibility index (Phi) is 6.68. The zero-order chi connectivity index (χ0) is 15.8. The molecule has 1 aromatic rings. The summed E-state index contributed by atoms with van der Waals surface area (Å²) in [6, 6.07) is 10.1. The Morgan fingerprint density at radius 2 is 2.05 bits per heavy atom. The molecule has 5 nitrogen and oxygen atoms in total. The van der Waals surface area contributed by atoms with Gasteiger partial charge in [0, 0.05) is 19.6 Å². The smallest absolute Gasteiger partial charge is 0.410 e. The first-order valence-corrected chi connectivity index (χ1v) is 8.00. The standard InChI is InChI=1S/C17H26N2O3/c1-19(16-10-6-5-9-15(16)18-11-12-20)17(21)22-13-14-7-3-2-4-8-14/h2-4,7-8,15-16,18,20H,5-6,9-13H2,1H3. The van der Waals surface area contributed by atoms with Gasteiger partial charge in [0.1, 0.15) is 6.61 Å². The third-order valence-electron chi connectivity index (χ3n) is 4.24.